The van der Waals surface area contributed by atoms with E-state index in [9.17, 15) is 4.79 Å². The first-order valence-electron chi connectivity index (χ1n) is 9.40. The predicted octanol–water partition coefficient (Wildman–Crippen LogP) is 5.24. The molecule has 0 radical (unpaired) electrons. The first kappa shape index (κ1) is 20.7. The normalized spacial score (nSPS) is 10.4. The number of rotatable bonds is 8. The van der Waals surface area contributed by atoms with Crippen LogP contribution in [0.4, 0.5) is 0 Å². The lowest BCUT2D eigenvalue weighted by molar-refractivity contribution is 0.0745. The van der Waals surface area contributed by atoms with Gasteiger partial charge < -0.3 is 14.4 Å². The highest BCUT2D eigenvalue weighted by molar-refractivity contribution is 6.30. The van der Waals surface area contributed by atoms with E-state index in [2.05, 4.69) is 0 Å². The number of amides is 1. The van der Waals surface area contributed by atoms with Crippen molar-refractivity contribution in [3.63, 3.8) is 0 Å². The van der Waals surface area contributed by atoms with Crippen LogP contribution in [-0.4, -0.2) is 31.6 Å². The Kier molecular flexibility index (Phi) is 7.14. The van der Waals surface area contributed by atoms with Gasteiger partial charge in [0.25, 0.3) is 5.91 Å². The Morgan fingerprint density at radius 2 is 1.69 bits per heavy atom. The zero-order valence-corrected chi connectivity index (χ0v) is 17.4. The Morgan fingerprint density at radius 1 is 0.931 bits per heavy atom. The Balaban J connectivity index is 1.82. The Hall–Kier alpha value is -2.98. The van der Waals surface area contributed by atoms with Crippen molar-refractivity contribution in [3.8, 4) is 11.5 Å². The van der Waals surface area contributed by atoms with E-state index >= 15 is 0 Å². The molecule has 3 aromatic carbocycles. The molecule has 3 rings (SSSR count). The third kappa shape index (κ3) is 5.52. The molecule has 0 aliphatic rings. The van der Waals surface area contributed by atoms with Gasteiger partial charge in [0.15, 0.2) is 0 Å². The molecular weight excluding hydrogens is 386 g/mol. The lowest BCUT2D eigenvalue weighted by Gasteiger charge is -2.24. The summed E-state index contributed by atoms with van der Waals surface area (Å²) < 4.78 is 10.7. The predicted molar refractivity (Wildman–Crippen MR) is 116 cm³/mol. The first-order chi connectivity index (χ1) is 14.1. The van der Waals surface area contributed by atoms with Gasteiger partial charge in [-0.05, 0) is 53.9 Å². The second-order valence-corrected chi connectivity index (χ2v) is 7.08. The van der Waals surface area contributed by atoms with Crippen LogP contribution in [-0.2, 0) is 13.0 Å². The number of carbonyl (C=O) groups is 1. The molecule has 29 heavy (non-hydrogen) atoms. The summed E-state index contributed by atoms with van der Waals surface area (Å²) in [4.78, 5) is 15.0. The topological polar surface area (TPSA) is 38.8 Å². The molecule has 150 valence electrons. The van der Waals surface area contributed by atoms with Gasteiger partial charge in [-0.1, -0.05) is 48.0 Å². The maximum Gasteiger partial charge on any atom is 0.254 e. The fourth-order valence-electron chi connectivity index (χ4n) is 3.17. The number of benzene rings is 3. The number of methoxy groups -OCH3 is 2. The maximum atomic E-state index is 13.2. The number of nitrogens with zero attached hydrogens (tertiary/aromatic N) is 1. The highest BCUT2D eigenvalue weighted by Crippen LogP contribution is 2.21. The number of halogens is 1. The Labute approximate surface area is 176 Å². The van der Waals surface area contributed by atoms with Gasteiger partial charge in [-0.25, -0.2) is 0 Å². The van der Waals surface area contributed by atoms with Gasteiger partial charge in [-0.3, -0.25) is 4.79 Å². The van der Waals surface area contributed by atoms with Crippen molar-refractivity contribution in [1.29, 1.82) is 0 Å². The highest BCUT2D eigenvalue weighted by atomic mass is 35.5. The van der Waals surface area contributed by atoms with Crippen LogP contribution in [0.5, 0.6) is 11.5 Å². The molecule has 0 fully saturated rings. The molecule has 0 aromatic heterocycles. The maximum absolute atomic E-state index is 13.2. The molecule has 0 saturated carbocycles. The molecule has 0 bridgehead atoms. The molecule has 0 aliphatic heterocycles. The van der Waals surface area contributed by atoms with Crippen molar-refractivity contribution in [3.05, 3.63) is 94.5 Å². The van der Waals surface area contributed by atoms with Gasteiger partial charge in [0.05, 0.1) is 14.2 Å². The van der Waals surface area contributed by atoms with E-state index in [1.807, 2.05) is 53.4 Å². The monoisotopic (exact) mass is 409 g/mol. The summed E-state index contributed by atoms with van der Waals surface area (Å²) in [6.07, 6.45) is 0.687. The Morgan fingerprint density at radius 3 is 2.38 bits per heavy atom. The van der Waals surface area contributed by atoms with Crippen molar-refractivity contribution in [2.75, 3.05) is 20.8 Å². The van der Waals surface area contributed by atoms with Crippen LogP contribution in [0.25, 0.3) is 0 Å². The third-order valence-electron chi connectivity index (χ3n) is 4.73. The molecule has 1 amide bonds. The lowest BCUT2D eigenvalue weighted by atomic mass is 10.1. The number of ether oxygens (including phenoxy) is 2. The summed E-state index contributed by atoms with van der Waals surface area (Å²) in [6.45, 7) is 1.04. The quantitative estimate of drug-likeness (QED) is 0.510. The van der Waals surface area contributed by atoms with Crippen molar-refractivity contribution in [2.45, 2.75) is 13.0 Å². The number of hydrogen-bond donors (Lipinski definition) is 0. The third-order valence-corrected chi connectivity index (χ3v) is 4.97. The van der Waals surface area contributed by atoms with E-state index in [1.54, 1.807) is 38.5 Å². The van der Waals surface area contributed by atoms with Crippen LogP contribution in [0.1, 0.15) is 21.5 Å². The minimum atomic E-state index is -0.0572. The molecule has 0 N–H and O–H groups in total. The molecule has 4 nitrogen and oxygen atoms in total. The summed E-state index contributed by atoms with van der Waals surface area (Å²) in [6, 6.07) is 22.7. The van der Waals surface area contributed by atoms with E-state index in [4.69, 9.17) is 21.1 Å². The van der Waals surface area contributed by atoms with E-state index in [1.165, 1.54) is 0 Å². The molecule has 5 heteroatoms. The molecule has 0 aliphatic carbocycles. The SMILES string of the molecule is COc1ccc(CN(CCc2ccccc2OC)C(=O)c2cccc(Cl)c2)cc1. The molecular formula is C24H24ClNO3. The van der Waals surface area contributed by atoms with Crippen molar-refractivity contribution in [1.82, 2.24) is 4.90 Å². The van der Waals surface area contributed by atoms with Gasteiger partial charge in [0.2, 0.25) is 0 Å². The molecule has 0 atom stereocenters. The number of para-hydroxylation sites is 1. The van der Waals surface area contributed by atoms with Gasteiger partial charge in [0.1, 0.15) is 11.5 Å². The van der Waals surface area contributed by atoms with Gasteiger partial charge in [-0.15, -0.1) is 0 Å². The molecule has 3 aromatic rings. The van der Waals surface area contributed by atoms with Crippen molar-refractivity contribution < 1.29 is 14.3 Å². The lowest BCUT2D eigenvalue weighted by Crippen LogP contribution is -2.32. The first-order valence-corrected chi connectivity index (χ1v) is 9.78. The molecule has 0 saturated heterocycles. The highest BCUT2D eigenvalue weighted by Gasteiger charge is 2.17. The summed E-state index contributed by atoms with van der Waals surface area (Å²) >= 11 is 6.10. The average molecular weight is 410 g/mol. The summed E-state index contributed by atoms with van der Waals surface area (Å²) in [7, 11) is 3.29. The molecule has 0 unspecified atom stereocenters. The smallest absolute Gasteiger partial charge is 0.254 e. The largest absolute Gasteiger partial charge is 0.497 e. The fraction of sp³-hybridized carbons (Fsp3) is 0.208. The van der Waals surface area contributed by atoms with Crippen molar-refractivity contribution in [2.24, 2.45) is 0 Å². The number of hydrogen-bond acceptors (Lipinski definition) is 3. The van der Waals surface area contributed by atoms with Gasteiger partial charge in [0, 0.05) is 23.7 Å². The Bertz CT molecular complexity index is 956. The minimum Gasteiger partial charge on any atom is -0.497 e. The number of carbonyl (C=O) groups excluding carboxylic acids is 1. The van der Waals surface area contributed by atoms with Crippen molar-refractivity contribution >= 4 is 17.5 Å². The summed E-state index contributed by atoms with van der Waals surface area (Å²) in [5, 5.41) is 0.546. The zero-order valence-electron chi connectivity index (χ0n) is 16.6. The zero-order chi connectivity index (χ0) is 20.6. The van der Waals surface area contributed by atoms with E-state index < -0.39 is 0 Å². The average Bonchev–Trinajstić information content (AvgIpc) is 2.76. The fourth-order valence-corrected chi connectivity index (χ4v) is 3.36. The van der Waals surface area contributed by atoms with Crippen LogP contribution < -0.4 is 9.47 Å². The van der Waals surface area contributed by atoms with Crippen LogP contribution in [0.2, 0.25) is 5.02 Å². The van der Waals surface area contributed by atoms with Crippen LogP contribution in [0, 0.1) is 0 Å². The van der Waals surface area contributed by atoms with Crippen LogP contribution in [0.15, 0.2) is 72.8 Å². The summed E-state index contributed by atoms with van der Waals surface area (Å²) in [5.74, 6) is 1.56. The minimum absolute atomic E-state index is 0.0572. The van der Waals surface area contributed by atoms with E-state index in [0.29, 0.717) is 30.1 Å². The van der Waals surface area contributed by atoms with E-state index in [-0.39, 0.29) is 5.91 Å². The molecule has 0 heterocycles. The van der Waals surface area contributed by atoms with E-state index in [0.717, 1.165) is 22.6 Å². The second-order valence-electron chi connectivity index (χ2n) is 6.65. The van der Waals surface area contributed by atoms with Crippen LogP contribution in [0.3, 0.4) is 0 Å². The van der Waals surface area contributed by atoms with Crippen LogP contribution >= 0.6 is 11.6 Å². The van der Waals surface area contributed by atoms with Gasteiger partial charge >= 0.3 is 0 Å². The summed E-state index contributed by atoms with van der Waals surface area (Å²) in [5.41, 5.74) is 2.67. The second kappa shape index (κ2) is 9.99. The standard InChI is InChI=1S/C24H24ClNO3/c1-28-22-12-10-18(11-13-22)17-26(24(27)20-7-5-8-21(25)16-20)15-14-19-6-3-4-9-23(19)29-2/h3-13,16H,14-15,17H2,1-2H3. The molecule has 0 spiro atoms. The van der Waals surface area contributed by atoms with Gasteiger partial charge in [-0.2, -0.15) is 0 Å².